The molecule has 0 atom stereocenters. The van der Waals surface area contributed by atoms with Crippen LogP contribution in [0.3, 0.4) is 0 Å². The molecule has 0 saturated heterocycles. The van der Waals surface area contributed by atoms with Gasteiger partial charge in [-0.25, -0.2) is 13.9 Å². The van der Waals surface area contributed by atoms with E-state index in [1.807, 2.05) is 35.8 Å². The van der Waals surface area contributed by atoms with Crippen molar-refractivity contribution in [3.63, 3.8) is 0 Å². The van der Waals surface area contributed by atoms with E-state index < -0.39 is 0 Å². The highest BCUT2D eigenvalue weighted by Gasteiger charge is 2.21. The van der Waals surface area contributed by atoms with Crippen molar-refractivity contribution < 1.29 is 14.1 Å². The smallest absolute Gasteiger partial charge is 0.356 e. The Bertz CT molecular complexity index is 581. The van der Waals surface area contributed by atoms with Gasteiger partial charge in [-0.2, -0.15) is 0 Å². The number of para-hydroxylation sites is 2. The summed E-state index contributed by atoms with van der Waals surface area (Å²) >= 11 is 0. The second-order valence-electron chi connectivity index (χ2n) is 3.98. The third-order valence-electron chi connectivity index (χ3n) is 2.93. The summed E-state index contributed by atoms with van der Waals surface area (Å²) in [5.74, 6) is 0.306. The number of anilines is 1. The summed E-state index contributed by atoms with van der Waals surface area (Å²) in [6, 6.07) is 7.85. The molecule has 2 rings (SSSR count). The van der Waals surface area contributed by atoms with Crippen molar-refractivity contribution in [1.82, 2.24) is 4.57 Å². The van der Waals surface area contributed by atoms with Crippen LogP contribution in [-0.4, -0.2) is 17.1 Å². The quantitative estimate of drug-likeness (QED) is 0.686. The van der Waals surface area contributed by atoms with Crippen molar-refractivity contribution in [3.05, 3.63) is 24.3 Å². The zero-order valence-corrected chi connectivity index (χ0v) is 12.8. The first kappa shape index (κ1) is 15.5. The van der Waals surface area contributed by atoms with Crippen LogP contribution in [0.1, 0.15) is 13.8 Å². The van der Waals surface area contributed by atoms with Crippen molar-refractivity contribution in [2.24, 2.45) is 0 Å². The van der Waals surface area contributed by atoms with Gasteiger partial charge in [0.2, 0.25) is 0 Å². The number of nitrogens with zero attached hydrogens (tertiary/aromatic N) is 2. The van der Waals surface area contributed by atoms with E-state index in [4.69, 9.17) is 10.5 Å². The number of aromatic nitrogens is 2. The molecule has 0 aliphatic carbocycles. The van der Waals surface area contributed by atoms with Crippen molar-refractivity contribution in [1.29, 1.82) is 0 Å². The lowest BCUT2D eigenvalue weighted by molar-refractivity contribution is -0.646. The number of fused-ring (bicyclic) bond motifs is 1. The topological polar surface area (TPSA) is 61.1 Å². The third kappa shape index (κ3) is 2.89. The number of nitrogens with two attached hydrogens (primary N) is 1. The van der Waals surface area contributed by atoms with Gasteiger partial charge in [0.25, 0.3) is 0 Å². The second kappa shape index (κ2) is 6.56. The van der Waals surface area contributed by atoms with Gasteiger partial charge in [-0.05, 0) is 26.0 Å². The molecule has 0 bridgehead atoms. The number of rotatable bonds is 4. The van der Waals surface area contributed by atoms with E-state index >= 15 is 0 Å². The van der Waals surface area contributed by atoms with E-state index in [0.29, 0.717) is 12.6 Å². The number of carbonyl (C=O) groups is 1. The molecule has 0 fully saturated rings. The minimum absolute atomic E-state index is 0. The Hall–Kier alpha value is -1.56. The van der Waals surface area contributed by atoms with E-state index in [1.54, 1.807) is 11.5 Å². The van der Waals surface area contributed by atoms with Gasteiger partial charge in [0.15, 0.2) is 6.54 Å². The van der Waals surface area contributed by atoms with Gasteiger partial charge in [-0.1, -0.05) is 12.1 Å². The zero-order valence-electron chi connectivity index (χ0n) is 11.1. The molecule has 5 nitrogen and oxygen atoms in total. The molecule has 0 spiro atoms. The van der Waals surface area contributed by atoms with Gasteiger partial charge in [-0.15, -0.1) is 17.0 Å². The Morgan fingerprint density at radius 2 is 2.05 bits per heavy atom. The average Bonchev–Trinajstić information content (AvgIpc) is 2.63. The first-order valence-corrected chi connectivity index (χ1v) is 6.11. The van der Waals surface area contributed by atoms with Crippen molar-refractivity contribution in [2.45, 2.75) is 26.9 Å². The summed E-state index contributed by atoms with van der Waals surface area (Å²) in [4.78, 5) is 11.6. The number of ether oxygens (including phenoxy) is 1. The standard InChI is InChI=1S/C13H17N3O2.BrH/c1-3-15-10-7-5-6-8-11(10)16(13(15)14)9-12(17)18-4-2;/h5-8,14H,3-4,9H2,1-2H3;1H/p+1. The van der Waals surface area contributed by atoms with Crippen LogP contribution in [0.15, 0.2) is 24.3 Å². The largest absolute Gasteiger partial charge is 0.464 e. The summed E-state index contributed by atoms with van der Waals surface area (Å²) in [5.41, 5.74) is 8.07. The number of benzene rings is 1. The van der Waals surface area contributed by atoms with E-state index in [-0.39, 0.29) is 29.5 Å². The van der Waals surface area contributed by atoms with Gasteiger partial charge in [-0.3, -0.25) is 5.73 Å². The minimum Gasteiger partial charge on any atom is -0.464 e. The highest BCUT2D eigenvalue weighted by atomic mass is 79.9. The Kier molecular flexibility index (Phi) is 5.35. The molecular weight excluding hydrogens is 310 g/mol. The molecular formula is C13H19BrN3O2+. The van der Waals surface area contributed by atoms with E-state index in [9.17, 15) is 4.79 Å². The molecule has 0 unspecified atom stereocenters. The highest BCUT2D eigenvalue weighted by molar-refractivity contribution is 8.93. The second-order valence-corrected chi connectivity index (χ2v) is 3.98. The van der Waals surface area contributed by atoms with Gasteiger partial charge < -0.3 is 4.74 Å². The maximum atomic E-state index is 11.6. The van der Waals surface area contributed by atoms with Gasteiger partial charge in [0.05, 0.1) is 13.2 Å². The molecule has 1 heterocycles. The highest BCUT2D eigenvalue weighted by Crippen LogP contribution is 2.15. The molecule has 19 heavy (non-hydrogen) atoms. The van der Waals surface area contributed by atoms with E-state index in [0.717, 1.165) is 17.6 Å². The fraction of sp³-hybridized carbons (Fsp3) is 0.385. The van der Waals surface area contributed by atoms with Gasteiger partial charge in [0.1, 0.15) is 11.0 Å². The maximum absolute atomic E-state index is 11.6. The number of carbonyl (C=O) groups excluding carboxylic acids is 1. The molecule has 2 N–H and O–H groups in total. The average molecular weight is 329 g/mol. The first-order valence-electron chi connectivity index (χ1n) is 6.11. The number of hydrogen-bond donors (Lipinski definition) is 1. The lowest BCUT2D eigenvalue weighted by atomic mass is 10.3. The minimum atomic E-state index is -0.270. The van der Waals surface area contributed by atoms with Crippen LogP contribution in [0, 0.1) is 0 Å². The van der Waals surface area contributed by atoms with Crippen molar-refractivity contribution >= 4 is 39.9 Å². The monoisotopic (exact) mass is 328 g/mol. The number of hydrogen-bond acceptors (Lipinski definition) is 3. The fourth-order valence-corrected chi connectivity index (χ4v) is 2.15. The van der Waals surface area contributed by atoms with Gasteiger partial charge in [0, 0.05) is 0 Å². The number of halogens is 1. The first-order chi connectivity index (χ1) is 8.69. The fourth-order valence-electron chi connectivity index (χ4n) is 2.15. The van der Waals surface area contributed by atoms with Crippen LogP contribution >= 0.6 is 17.0 Å². The van der Waals surface area contributed by atoms with E-state index in [1.165, 1.54) is 0 Å². The van der Waals surface area contributed by atoms with Crippen LogP contribution in [0.5, 0.6) is 0 Å². The molecule has 0 radical (unpaired) electrons. The lowest BCUT2D eigenvalue weighted by Crippen LogP contribution is -2.41. The van der Waals surface area contributed by atoms with Gasteiger partial charge >= 0.3 is 11.9 Å². The number of esters is 1. The molecule has 2 aromatic rings. The predicted octanol–water partition coefficient (Wildman–Crippen LogP) is 1.67. The summed E-state index contributed by atoms with van der Waals surface area (Å²) in [6.07, 6.45) is 0. The summed E-state index contributed by atoms with van der Waals surface area (Å²) in [6.45, 7) is 5.11. The predicted molar refractivity (Wildman–Crippen MR) is 79.2 cm³/mol. The normalized spacial score (nSPS) is 10.2. The van der Waals surface area contributed by atoms with E-state index in [2.05, 4.69) is 0 Å². The molecule has 0 amide bonds. The Morgan fingerprint density at radius 1 is 1.37 bits per heavy atom. The van der Waals surface area contributed by atoms with Crippen LogP contribution < -0.4 is 10.3 Å². The van der Waals surface area contributed by atoms with Crippen LogP contribution in [0.2, 0.25) is 0 Å². The maximum Gasteiger partial charge on any atom is 0.356 e. The van der Waals surface area contributed by atoms with Crippen LogP contribution in [-0.2, 0) is 22.6 Å². The number of aryl methyl sites for hydroxylation is 1. The summed E-state index contributed by atoms with van der Waals surface area (Å²) in [5, 5.41) is 0. The molecule has 1 aromatic heterocycles. The summed E-state index contributed by atoms with van der Waals surface area (Å²) in [7, 11) is 0. The Balaban J connectivity index is 0.00000180. The molecule has 0 aliphatic heterocycles. The summed E-state index contributed by atoms with van der Waals surface area (Å²) < 4.78 is 8.74. The lowest BCUT2D eigenvalue weighted by Gasteiger charge is -2.01. The van der Waals surface area contributed by atoms with Crippen LogP contribution in [0.4, 0.5) is 5.95 Å². The van der Waals surface area contributed by atoms with Crippen LogP contribution in [0.25, 0.3) is 11.0 Å². The Morgan fingerprint density at radius 3 is 2.68 bits per heavy atom. The number of imidazole rings is 1. The third-order valence-corrected chi connectivity index (χ3v) is 2.93. The Labute approximate surface area is 122 Å². The molecule has 0 aliphatic rings. The zero-order chi connectivity index (χ0) is 13.1. The molecule has 1 aromatic carbocycles. The molecule has 6 heteroatoms. The van der Waals surface area contributed by atoms with Crippen molar-refractivity contribution in [3.8, 4) is 0 Å². The molecule has 104 valence electrons. The SMILES string of the molecule is Br.CCOC(=O)C[n+]1c(N)n(CC)c2ccccc21. The number of nitrogen functional groups attached to an aromatic ring is 1. The molecule has 0 saturated carbocycles. The van der Waals surface area contributed by atoms with Crippen molar-refractivity contribution in [2.75, 3.05) is 12.3 Å².